The molecule has 0 unspecified atom stereocenters. The number of anilines is 1. The van der Waals surface area contributed by atoms with E-state index in [2.05, 4.69) is 15.6 Å². The number of rotatable bonds is 5. The molecule has 0 saturated carbocycles. The van der Waals surface area contributed by atoms with Gasteiger partial charge in [-0.25, -0.2) is 0 Å². The molecule has 1 heterocycles. The highest BCUT2D eigenvalue weighted by Crippen LogP contribution is 2.34. The lowest BCUT2D eigenvalue weighted by atomic mass is 10.1. The summed E-state index contributed by atoms with van der Waals surface area (Å²) in [5, 5.41) is 4.89. The molecule has 2 N–H and O–H groups in total. The van der Waals surface area contributed by atoms with Crippen LogP contribution in [0, 0.1) is 5.92 Å². The molecular formula is C18H18F3N3O2. The van der Waals surface area contributed by atoms with Gasteiger partial charge in [0, 0.05) is 18.3 Å². The van der Waals surface area contributed by atoms with Gasteiger partial charge in [-0.15, -0.1) is 0 Å². The number of carbonyl (C=O) groups is 2. The highest BCUT2D eigenvalue weighted by Gasteiger charge is 2.33. The van der Waals surface area contributed by atoms with Crippen LogP contribution in [-0.2, 0) is 6.18 Å². The summed E-state index contributed by atoms with van der Waals surface area (Å²) in [7, 11) is 0. The summed E-state index contributed by atoms with van der Waals surface area (Å²) in [6.45, 7) is 4.29. The molecular weight excluding hydrogens is 347 g/mol. The number of amides is 2. The number of carbonyl (C=O) groups excluding carboxylic acids is 2. The van der Waals surface area contributed by atoms with Gasteiger partial charge in [0.1, 0.15) is 5.69 Å². The van der Waals surface area contributed by atoms with E-state index >= 15 is 0 Å². The highest BCUT2D eigenvalue weighted by molar-refractivity contribution is 6.06. The van der Waals surface area contributed by atoms with E-state index in [-0.39, 0.29) is 22.9 Å². The Kier molecular flexibility index (Phi) is 5.97. The number of benzene rings is 1. The minimum absolute atomic E-state index is 0.0161. The largest absolute Gasteiger partial charge is 0.418 e. The molecule has 138 valence electrons. The predicted molar refractivity (Wildman–Crippen MR) is 90.8 cm³/mol. The number of hydrogen-bond acceptors (Lipinski definition) is 3. The minimum Gasteiger partial charge on any atom is -0.350 e. The second kappa shape index (κ2) is 7.99. The normalized spacial score (nSPS) is 11.3. The topological polar surface area (TPSA) is 71.1 Å². The molecule has 0 atom stereocenters. The van der Waals surface area contributed by atoms with Crippen LogP contribution in [0.4, 0.5) is 18.9 Å². The van der Waals surface area contributed by atoms with Crippen LogP contribution in [0.15, 0.2) is 42.6 Å². The molecule has 8 heteroatoms. The average Bonchev–Trinajstić information content (AvgIpc) is 2.59. The second-order valence-electron chi connectivity index (χ2n) is 6.03. The van der Waals surface area contributed by atoms with E-state index in [1.54, 1.807) is 0 Å². The first-order chi connectivity index (χ1) is 12.2. The van der Waals surface area contributed by atoms with Crippen LogP contribution < -0.4 is 10.6 Å². The maximum Gasteiger partial charge on any atom is 0.418 e. The Labute approximate surface area is 148 Å². The van der Waals surface area contributed by atoms with Crippen molar-refractivity contribution in [3.05, 3.63) is 59.4 Å². The zero-order valence-corrected chi connectivity index (χ0v) is 14.2. The standard InChI is InChI=1S/C18H18F3N3O2/c1-11(2)10-23-17(26)15-9-12(7-8-22-15)16(25)24-14-6-4-3-5-13(14)18(19,20)21/h3-9,11H,10H2,1-2H3,(H,23,26)(H,24,25). The molecule has 1 aromatic heterocycles. The fraction of sp³-hybridized carbons (Fsp3) is 0.278. The van der Waals surface area contributed by atoms with E-state index in [4.69, 9.17) is 0 Å². The van der Waals surface area contributed by atoms with Crippen molar-refractivity contribution in [2.75, 3.05) is 11.9 Å². The lowest BCUT2D eigenvalue weighted by Crippen LogP contribution is -2.28. The van der Waals surface area contributed by atoms with Crippen molar-refractivity contribution < 1.29 is 22.8 Å². The van der Waals surface area contributed by atoms with E-state index in [0.717, 1.165) is 12.1 Å². The quantitative estimate of drug-likeness (QED) is 0.848. The molecule has 0 fully saturated rings. The predicted octanol–water partition coefficient (Wildman–Crippen LogP) is 3.74. The Morgan fingerprint density at radius 3 is 2.46 bits per heavy atom. The van der Waals surface area contributed by atoms with Crippen molar-refractivity contribution in [3.63, 3.8) is 0 Å². The highest BCUT2D eigenvalue weighted by atomic mass is 19.4. The Hall–Kier alpha value is -2.90. The molecule has 2 amide bonds. The maximum atomic E-state index is 13.0. The van der Waals surface area contributed by atoms with E-state index in [1.807, 2.05) is 13.8 Å². The van der Waals surface area contributed by atoms with Gasteiger partial charge in [0.25, 0.3) is 11.8 Å². The Morgan fingerprint density at radius 2 is 1.81 bits per heavy atom. The number of para-hydroxylation sites is 1. The van der Waals surface area contributed by atoms with Crippen LogP contribution in [-0.4, -0.2) is 23.3 Å². The lowest BCUT2D eigenvalue weighted by Gasteiger charge is -2.13. The number of aromatic nitrogens is 1. The summed E-state index contributed by atoms with van der Waals surface area (Å²) in [6, 6.07) is 7.24. The fourth-order valence-corrected chi connectivity index (χ4v) is 2.12. The zero-order valence-electron chi connectivity index (χ0n) is 14.2. The van der Waals surface area contributed by atoms with Crippen molar-refractivity contribution in [2.45, 2.75) is 20.0 Å². The molecule has 0 radical (unpaired) electrons. The Morgan fingerprint density at radius 1 is 1.12 bits per heavy atom. The summed E-state index contributed by atoms with van der Waals surface area (Å²) >= 11 is 0. The van der Waals surface area contributed by atoms with Crippen LogP contribution in [0.25, 0.3) is 0 Å². The van der Waals surface area contributed by atoms with E-state index in [1.165, 1.54) is 30.5 Å². The van der Waals surface area contributed by atoms with Gasteiger partial charge in [0.05, 0.1) is 11.3 Å². The first kappa shape index (κ1) is 19.4. The van der Waals surface area contributed by atoms with Crippen LogP contribution >= 0.6 is 0 Å². The third kappa shape index (κ3) is 5.05. The number of nitrogens with one attached hydrogen (secondary N) is 2. The fourth-order valence-electron chi connectivity index (χ4n) is 2.12. The Balaban J connectivity index is 2.19. The first-order valence-corrected chi connectivity index (χ1v) is 7.90. The molecule has 2 aromatic rings. The monoisotopic (exact) mass is 365 g/mol. The summed E-state index contributed by atoms with van der Waals surface area (Å²) < 4.78 is 39.0. The van der Waals surface area contributed by atoms with E-state index in [9.17, 15) is 22.8 Å². The van der Waals surface area contributed by atoms with Crippen LogP contribution in [0.1, 0.15) is 40.3 Å². The molecule has 0 spiro atoms. The molecule has 0 aliphatic rings. The first-order valence-electron chi connectivity index (χ1n) is 7.90. The smallest absolute Gasteiger partial charge is 0.350 e. The van der Waals surface area contributed by atoms with Gasteiger partial charge in [-0.2, -0.15) is 13.2 Å². The molecule has 1 aromatic carbocycles. The number of nitrogens with zero attached hydrogens (tertiary/aromatic N) is 1. The summed E-state index contributed by atoms with van der Waals surface area (Å²) in [4.78, 5) is 28.2. The van der Waals surface area contributed by atoms with Crippen molar-refractivity contribution in [1.29, 1.82) is 0 Å². The summed E-state index contributed by atoms with van der Waals surface area (Å²) in [5.74, 6) is -0.977. The van der Waals surface area contributed by atoms with Gasteiger partial charge in [0.2, 0.25) is 0 Å². The average molecular weight is 365 g/mol. The van der Waals surface area contributed by atoms with Gasteiger partial charge < -0.3 is 10.6 Å². The molecule has 2 rings (SSSR count). The van der Waals surface area contributed by atoms with Crippen molar-refractivity contribution in [3.8, 4) is 0 Å². The zero-order chi connectivity index (χ0) is 19.3. The summed E-state index contributed by atoms with van der Waals surface area (Å²) in [6.07, 6.45) is -3.33. The van der Waals surface area contributed by atoms with Crippen molar-refractivity contribution in [2.24, 2.45) is 5.92 Å². The Bertz CT molecular complexity index is 804. The number of pyridine rings is 1. The molecule has 0 aliphatic heterocycles. The number of halogens is 3. The number of hydrogen-bond donors (Lipinski definition) is 2. The molecule has 0 saturated heterocycles. The van der Waals surface area contributed by atoms with Crippen LogP contribution in [0.2, 0.25) is 0 Å². The van der Waals surface area contributed by atoms with Gasteiger partial charge >= 0.3 is 6.18 Å². The van der Waals surface area contributed by atoms with E-state index < -0.39 is 23.6 Å². The summed E-state index contributed by atoms with van der Waals surface area (Å²) in [5.41, 5.74) is -1.25. The van der Waals surface area contributed by atoms with Gasteiger partial charge in [-0.05, 0) is 30.2 Å². The van der Waals surface area contributed by atoms with Gasteiger partial charge in [0.15, 0.2) is 0 Å². The third-order valence-corrected chi connectivity index (χ3v) is 3.41. The van der Waals surface area contributed by atoms with Crippen molar-refractivity contribution in [1.82, 2.24) is 10.3 Å². The van der Waals surface area contributed by atoms with Gasteiger partial charge in [-0.1, -0.05) is 26.0 Å². The molecule has 5 nitrogen and oxygen atoms in total. The van der Waals surface area contributed by atoms with Gasteiger partial charge in [-0.3, -0.25) is 14.6 Å². The molecule has 0 aliphatic carbocycles. The van der Waals surface area contributed by atoms with Crippen LogP contribution in [0.3, 0.4) is 0 Å². The van der Waals surface area contributed by atoms with Crippen molar-refractivity contribution >= 4 is 17.5 Å². The third-order valence-electron chi connectivity index (χ3n) is 3.41. The lowest BCUT2D eigenvalue weighted by molar-refractivity contribution is -0.136. The van der Waals surface area contributed by atoms with Crippen LogP contribution in [0.5, 0.6) is 0 Å². The second-order valence-corrected chi connectivity index (χ2v) is 6.03. The SMILES string of the molecule is CC(C)CNC(=O)c1cc(C(=O)Nc2ccccc2C(F)(F)F)ccn1. The number of alkyl halides is 3. The molecule has 0 bridgehead atoms. The van der Waals surface area contributed by atoms with E-state index in [0.29, 0.717) is 6.54 Å². The minimum atomic E-state index is -4.59. The molecule has 26 heavy (non-hydrogen) atoms. The maximum absolute atomic E-state index is 13.0.